The first-order chi connectivity index (χ1) is 9.56. The molecule has 2 aliphatic carbocycles. The molecule has 0 aromatic heterocycles. The van der Waals surface area contributed by atoms with Crippen LogP contribution in [0.2, 0.25) is 0 Å². The van der Waals surface area contributed by atoms with Crippen LogP contribution in [0.1, 0.15) is 39.0 Å². The minimum atomic E-state index is -0.793. The molecule has 5 heteroatoms. The van der Waals surface area contributed by atoms with E-state index >= 15 is 0 Å². The fourth-order valence-corrected chi connectivity index (χ4v) is 3.67. The Morgan fingerprint density at radius 2 is 2.10 bits per heavy atom. The molecular formula is C15H22N2O3. The summed E-state index contributed by atoms with van der Waals surface area (Å²) in [5, 5.41) is 15.0. The lowest BCUT2D eigenvalue weighted by molar-refractivity contribution is -0.144. The molecule has 2 amide bonds. The molecular weight excluding hydrogens is 256 g/mol. The van der Waals surface area contributed by atoms with Crippen molar-refractivity contribution in [2.45, 2.75) is 51.1 Å². The van der Waals surface area contributed by atoms with Gasteiger partial charge in [-0.25, -0.2) is 4.79 Å². The van der Waals surface area contributed by atoms with Gasteiger partial charge in [0.05, 0.1) is 5.92 Å². The molecule has 2 rings (SSSR count). The zero-order valence-corrected chi connectivity index (χ0v) is 11.8. The van der Waals surface area contributed by atoms with Crippen LogP contribution in [-0.4, -0.2) is 29.2 Å². The highest BCUT2D eigenvalue weighted by atomic mass is 16.4. The predicted octanol–water partition coefficient (Wildman–Crippen LogP) is 1.59. The van der Waals surface area contributed by atoms with Crippen molar-refractivity contribution in [3.8, 4) is 12.3 Å². The van der Waals surface area contributed by atoms with Gasteiger partial charge in [-0.1, -0.05) is 6.92 Å². The molecule has 20 heavy (non-hydrogen) atoms. The van der Waals surface area contributed by atoms with Gasteiger partial charge in [-0.05, 0) is 37.5 Å². The van der Waals surface area contributed by atoms with Gasteiger partial charge in [-0.3, -0.25) is 4.79 Å². The van der Waals surface area contributed by atoms with Crippen molar-refractivity contribution in [3.63, 3.8) is 0 Å². The molecule has 5 atom stereocenters. The summed E-state index contributed by atoms with van der Waals surface area (Å²) in [6, 6.07) is -0.590. The maximum atomic E-state index is 12.0. The highest BCUT2D eigenvalue weighted by molar-refractivity contribution is 5.77. The van der Waals surface area contributed by atoms with Gasteiger partial charge in [0, 0.05) is 18.5 Å². The summed E-state index contributed by atoms with van der Waals surface area (Å²) in [6.45, 7) is 1.96. The van der Waals surface area contributed by atoms with Crippen LogP contribution in [0.25, 0.3) is 0 Å². The summed E-state index contributed by atoms with van der Waals surface area (Å²) in [7, 11) is 0. The van der Waals surface area contributed by atoms with E-state index in [1.165, 1.54) is 0 Å². The molecule has 110 valence electrons. The molecule has 5 nitrogen and oxygen atoms in total. The number of amides is 2. The topological polar surface area (TPSA) is 78.4 Å². The monoisotopic (exact) mass is 278 g/mol. The average Bonchev–Trinajstić information content (AvgIpc) is 2.98. The summed E-state index contributed by atoms with van der Waals surface area (Å²) in [6.07, 6.45) is 9.41. The quantitative estimate of drug-likeness (QED) is 0.668. The van der Waals surface area contributed by atoms with E-state index in [0.29, 0.717) is 12.3 Å². The van der Waals surface area contributed by atoms with Crippen LogP contribution in [0.4, 0.5) is 4.79 Å². The summed E-state index contributed by atoms with van der Waals surface area (Å²) in [4.78, 5) is 23.4. The standard InChI is InChI=1S/C15H22N2O3/c1-3-5-11(4-2)16-15(20)17-13-10-7-6-9(8-10)12(13)14(18)19/h1,9-13H,4-8H2,2H3,(H,18,19)(H2,16,17,20). The number of terminal acetylenes is 1. The third-order valence-corrected chi connectivity index (χ3v) is 4.69. The van der Waals surface area contributed by atoms with Gasteiger partial charge in [0.25, 0.3) is 0 Å². The molecule has 2 bridgehead atoms. The molecule has 2 aliphatic rings. The normalized spacial score (nSPS) is 32.4. The molecule has 2 fully saturated rings. The van der Waals surface area contributed by atoms with Gasteiger partial charge >= 0.3 is 12.0 Å². The summed E-state index contributed by atoms with van der Waals surface area (Å²) in [5.41, 5.74) is 0. The maximum Gasteiger partial charge on any atom is 0.315 e. The molecule has 0 spiro atoms. The number of fused-ring (bicyclic) bond motifs is 2. The number of carboxylic acid groups (broad SMARTS) is 1. The lowest BCUT2D eigenvalue weighted by Gasteiger charge is -2.29. The first-order valence-corrected chi connectivity index (χ1v) is 7.30. The highest BCUT2D eigenvalue weighted by Gasteiger charge is 2.51. The minimum absolute atomic E-state index is 0.0538. The molecule has 5 unspecified atom stereocenters. The van der Waals surface area contributed by atoms with Crippen LogP contribution in [-0.2, 0) is 4.79 Å². The average molecular weight is 278 g/mol. The van der Waals surface area contributed by atoms with E-state index < -0.39 is 11.9 Å². The van der Waals surface area contributed by atoms with Crippen molar-refractivity contribution in [2.24, 2.45) is 17.8 Å². The van der Waals surface area contributed by atoms with Crippen molar-refractivity contribution >= 4 is 12.0 Å². The molecule has 0 aromatic carbocycles. The summed E-state index contributed by atoms with van der Waals surface area (Å²) >= 11 is 0. The number of carboxylic acids is 1. The van der Waals surface area contributed by atoms with Crippen molar-refractivity contribution in [1.82, 2.24) is 10.6 Å². The SMILES string of the molecule is C#CCC(CC)NC(=O)NC1C2CCC(C2)C1C(=O)O. The van der Waals surface area contributed by atoms with E-state index in [2.05, 4.69) is 16.6 Å². The van der Waals surface area contributed by atoms with E-state index in [4.69, 9.17) is 6.42 Å². The van der Waals surface area contributed by atoms with Crippen molar-refractivity contribution in [3.05, 3.63) is 0 Å². The lowest BCUT2D eigenvalue weighted by atomic mass is 9.84. The number of nitrogens with one attached hydrogen (secondary N) is 2. The second kappa shape index (κ2) is 6.17. The van der Waals surface area contributed by atoms with Crippen LogP contribution in [0.15, 0.2) is 0 Å². The van der Waals surface area contributed by atoms with Gasteiger partial charge in [-0.2, -0.15) is 0 Å². The van der Waals surface area contributed by atoms with Gasteiger partial charge in [-0.15, -0.1) is 12.3 Å². The third kappa shape index (κ3) is 2.90. The smallest absolute Gasteiger partial charge is 0.315 e. The Morgan fingerprint density at radius 1 is 1.40 bits per heavy atom. The number of hydrogen-bond donors (Lipinski definition) is 3. The van der Waals surface area contributed by atoms with Crippen molar-refractivity contribution in [1.29, 1.82) is 0 Å². The van der Waals surface area contributed by atoms with E-state index in [0.717, 1.165) is 25.7 Å². The lowest BCUT2D eigenvalue weighted by Crippen LogP contribution is -2.52. The Labute approximate surface area is 119 Å². The first kappa shape index (κ1) is 14.7. The van der Waals surface area contributed by atoms with Crippen molar-refractivity contribution in [2.75, 3.05) is 0 Å². The van der Waals surface area contributed by atoms with Gasteiger partial charge < -0.3 is 15.7 Å². The largest absolute Gasteiger partial charge is 0.481 e. The summed E-state index contributed by atoms with van der Waals surface area (Å²) in [5.74, 6) is 1.83. The third-order valence-electron chi connectivity index (χ3n) is 4.69. The van der Waals surface area contributed by atoms with Crippen LogP contribution in [0.3, 0.4) is 0 Å². The van der Waals surface area contributed by atoms with Crippen LogP contribution in [0, 0.1) is 30.1 Å². The van der Waals surface area contributed by atoms with Gasteiger partial charge in [0.15, 0.2) is 0 Å². The number of carbonyl (C=O) groups excluding carboxylic acids is 1. The van der Waals surface area contributed by atoms with Crippen LogP contribution in [0.5, 0.6) is 0 Å². The number of aliphatic carboxylic acids is 1. The zero-order valence-electron chi connectivity index (χ0n) is 11.8. The Hall–Kier alpha value is -1.70. The Morgan fingerprint density at radius 3 is 2.70 bits per heavy atom. The van der Waals surface area contributed by atoms with Crippen LogP contribution >= 0.6 is 0 Å². The molecule has 0 radical (unpaired) electrons. The van der Waals surface area contributed by atoms with Crippen LogP contribution < -0.4 is 10.6 Å². The fraction of sp³-hybridized carbons (Fsp3) is 0.733. The molecule has 3 N–H and O–H groups in total. The molecule has 0 aromatic rings. The number of rotatable bonds is 5. The predicted molar refractivity (Wildman–Crippen MR) is 74.9 cm³/mol. The highest BCUT2D eigenvalue weighted by Crippen LogP contribution is 2.48. The second-order valence-corrected chi connectivity index (χ2v) is 5.85. The Kier molecular flexibility index (Phi) is 4.53. The second-order valence-electron chi connectivity index (χ2n) is 5.85. The maximum absolute atomic E-state index is 12.0. The van der Waals surface area contributed by atoms with Crippen molar-refractivity contribution < 1.29 is 14.7 Å². The zero-order chi connectivity index (χ0) is 14.7. The summed E-state index contributed by atoms with van der Waals surface area (Å²) < 4.78 is 0. The number of urea groups is 1. The van der Waals surface area contributed by atoms with E-state index in [1.807, 2.05) is 6.92 Å². The number of hydrogen-bond acceptors (Lipinski definition) is 2. The molecule has 2 saturated carbocycles. The minimum Gasteiger partial charge on any atom is -0.481 e. The fourth-order valence-electron chi connectivity index (χ4n) is 3.67. The Balaban J connectivity index is 1.93. The Bertz CT molecular complexity index is 429. The van der Waals surface area contributed by atoms with E-state index in [1.54, 1.807) is 0 Å². The molecule has 0 aliphatic heterocycles. The van der Waals surface area contributed by atoms with Gasteiger partial charge in [0.2, 0.25) is 0 Å². The van der Waals surface area contributed by atoms with E-state index in [9.17, 15) is 14.7 Å². The molecule has 0 saturated heterocycles. The van der Waals surface area contributed by atoms with E-state index in [-0.39, 0.29) is 24.0 Å². The first-order valence-electron chi connectivity index (χ1n) is 7.30. The number of carbonyl (C=O) groups is 2. The van der Waals surface area contributed by atoms with Gasteiger partial charge in [0.1, 0.15) is 0 Å². The molecule has 0 heterocycles.